The first kappa shape index (κ1) is 21.6. The van der Waals surface area contributed by atoms with Gasteiger partial charge in [-0.1, -0.05) is 35.6 Å². The standard InChI is InChI=1S/C27H26N2O3S/c1-18-14-24-25(15-19(18)2)33-27(28-24)29(17-23-12-7-13-31-23)26(30)20-8-6-11-22(16-20)32-21-9-4-3-5-10-21/h3-6,8-11,14-16,23H,7,12-13,17H2,1-2H3. The fourth-order valence-electron chi connectivity index (χ4n) is 4.00. The Hall–Kier alpha value is -3.22. The first-order valence-corrected chi connectivity index (χ1v) is 12.0. The zero-order valence-corrected chi connectivity index (χ0v) is 19.6. The molecule has 1 aliphatic rings. The number of aryl methyl sites for hydroxylation is 2. The van der Waals surface area contributed by atoms with Crippen LogP contribution in [-0.4, -0.2) is 30.1 Å². The van der Waals surface area contributed by atoms with Gasteiger partial charge in [0.05, 0.1) is 22.9 Å². The number of hydrogen-bond donors (Lipinski definition) is 0. The van der Waals surface area contributed by atoms with Gasteiger partial charge in [0.15, 0.2) is 5.13 Å². The summed E-state index contributed by atoms with van der Waals surface area (Å²) in [6, 6.07) is 21.1. The van der Waals surface area contributed by atoms with Gasteiger partial charge in [-0.2, -0.15) is 0 Å². The molecule has 1 fully saturated rings. The highest BCUT2D eigenvalue weighted by Crippen LogP contribution is 2.33. The lowest BCUT2D eigenvalue weighted by atomic mass is 10.1. The maximum atomic E-state index is 13.7. The Labute approximate surface area is 197 Å². The van der Waals surface area contributed by atoms with E-state index in [0.29, 0.717) is 23.0 Å². The van der Waals surface area contributed by atoms with E-state index in [9.17, 15) is 4.79 Å². The number of ether oxygens (including phenoxy) is 2. The van der Waals surface area contributed by atoms with E-state index in [1.54, 1.807) is 22.3 Å². The summed E-state index contributed by atoms with van der Waals surface area (Å²) >= 11 is 1.55. The Morgan fingerprint density at radius 1 is 1.06 bits per heavy atom. The zero-order chi connectivity index (χ0) is 22.8. The average Bonchev–Trinajstić information content (AvgIpc) is 3.48. The lowest BCUT2D eigenvalue weighted by molar-refractivity contribution is 0.0917. The number of fused-ring (bicyclic) bond motifs is 1. The molecule has 1 atom stereocenters. The highest BCUT2D eigenvalue weighted by atomic mass is 32.1. The van der Waals surface area contributed by atoms with Crippen LogP contribution in [0.1, 0.15) is 34.3 Å². The summed E-state index contributed by atoms with van der Waals surface area (Å²) < 4.78 is 12.9. The number of carbonyl (C=O) groups is 1. The van der Waals surface area contributed by atoms with Gasteiger partial charge in [-0.05, 0) is 80.3 Å². The minimum Gasteiger partial charge on any atom is -0.457 e. The summed E-state index contributed by atoms with van der Waals surface area (Å²) in [5.41, 5.74) is 3.90. The molecular formula is C27H26N2O3S. The number of carbonyl (C=O) groups excluding carboxylic acids is 1. The normalized spacial score (nSPS) is 15.6. The fourth-order valence-corrected chi connectivity index (χ4v) is 5.05. The van der Waals surface area contributed by atoms with Crippen LogP contribution in [0.4, 0.5) is 5.13 Å². The highest BCUT2D eigenvalue weighted by Gasteiger charge is 2.27. The van der Waals surface area contributed by atoms with Crippen LogP contribution in [0.15, 0.2) is 66.7 Å². The minimum atomic E-state index is -0.100. The Balaban J connectivity index is 1.47. The van der Waals surface area contributed by atoms with Gasteiger partial charge in [0, 0.05) is 12.2 Å². The number of nitrogens with zero attached hydrogens (tertiary/aromatic N) is 2. The molecule has 0 aliphatic carbocycles. The fraction of sp³-hybridized carbons (Fsp3) is 0.259. The van der Waals surface area contributed by atoms with Crippen molar-refractivity contribution in [3.05, 3.63) is 83.4 Å². The molecule has 5 nitrogen and oxygen atoms in total. The second-order valence-electron chi connectivity index (χ2n) is 8.39. The number of para-hydroxylation sites is 1. The third-order valence-corrected chi connectivity index (χ3v) is 6.98. The second kappa shape index (κ2) is 9.33. The van der Waals surface area contributed by atoms with Crippen molar-refractivity contribution in [2.45, 2.75) is 32.8 Å². The van der Waals surface area contributed by atoms with Gasteiger partial charge >= 0.3 is 0 Å². The first-order valence-electron chi connectivity index (χ1n) is 11.2. The molecule has 0 radical (unpaired) electrons. The van der Waals surface area contributed by atoms with Crippen LogP contribution in [-0.2, 0) is 4.74 Å². The van der Waals surface area contributed by atoms with E-state index in [1.807, 2.05) is 48.5 Å². The van der Waals surface area contributed by atoms with E-state index < -0.39 is 0 Å². The van der Waals surface area contributed by atoms with Gasteiger partial charge in [-0.15, -0.1) is 0 Å². The Morgan fingerprint density at radius 2 is 1.85 bits per heavy atom. The number of thiazole rings is 1. The third-order valence-electron chi connectivity index (χ3n) is 5.94. The molecule has 0 saturated carbocycles. The van der Waals surface area contributed by atoms with Crippen LogP contribution in [0.25, 0.3) is 10.2 Å². The van der Waals surface area contributed by atoms with Crippen molar-refractivity contribution in [1.29, 1.82) is 0 Å². The summed E-state index contributed by atoms with van der Waals surface area (Å²) in [5.74, 6) is 1.26. The molecule has 0 bridgehead atoms. The van der Waals surface area contributed by atoms with E-state index >= 15 is 0 Å². The van der Waals surface area contributed by atoms with Gasteiger partial charge in [0.1, 0.15) is 11.5 Å². The lowest BCUT2D eigenvalue weighted by Crippen LogP contribution is -2.37. The zero-order valence-electron chi connectivity index (χ0n) is 18.8. The molecule has 6 heteroatoms. The van der Waals surface area contributed by atoms with Crippen molar-refractivity contribution >= 4 is 32.6 Å². The number of amides is 1. The molecular weight excluding hydrogens is 432 g/mol. The van der Waals surface area contributed by atoms with Gasteiger partial charge in [-0.25, -0.2) is 4.98 Å². The van der Waals surface area contributed by atoms with Crippen molar-refractivity contribution in [2.75, 3.05) is 18.1 Å². The summed E-state index contributed by atoms with van der Waals surface area (Å²) in [5, 5.41) is 0.699. The van der Waals surface area contributed by atoms with Crippen LogP contribution in [0.5, 0.6) is 11.5 Å². The largest absolute Gasteiger partial charge is 0.457 e. The molecule has 0 spiro atoms. The Morgan fingerprint density at radius 3 is 2.64 bits per heavy atom. The molecule has 2 heterocycles. The van der Waals surface area contributed by atoms with Gasteiger partial charge in [-0.3, -0.25) is 9.69 Å². The smallest absolute Gasteiger partial charge is 0.260 e. The molecule has 1 amide bonds. The molecule has 33 heavy (non-hydrogen) atoms. The van der Waals surface area contributed by atoms with Crippen molar-refractivity contribution in [1.82, 2.24) is 4.98 Å². The molecule has 1 unspecified atom stereocenters. The van der Waals surface area contributed by atoms with Gasteiger partial charge in [0.2, 0.25) is 0 Å². The summed E-state index contributed by atoms with van der Waals surface area (Å²) in [6.45, 7) is 5.41. The van der Waals surface area contributed by atoms with E-state index in [4.69, 9.17) is 14.5 Å². The van der Waals surface area contributed by atoms with Crippen LogP contribution >= 0.6 is 11.3 Å². The molecule has 1 saturated heterocycles. The number of rotatable bonds is 6. The maximum Gasteiger partial charge on any atom is 0.260 e. The predicted molar refractivity (Wildman–Crippen MR) is 133 cm³/mol. The molecule has 0 N–H and O–H groups in total. The number of hydrogen-bond acceptors (Lipinski definition) is 5. The topological polar surface area (TPSA) is 51.7 Å². The van der Waals surface area contributed by atoms with Gasteiger partial charge in [0.25, 0.3) is 5.91 Å². The summed E-state index contributed by atoms with van der Waals surface area (Å²) in [6.07, 6.45) is 1.99. The quantitative estimate of drug-likeness (QED) is 0.330. The van der Waals surface area contributed by atoms with Crippen molar-refractivity contribution in [3.8, 4) is 11.5 Å². The van der Waals surface area contributed by atoms with E-state index in [2.05, 4.69) is 26.0 Å². The first-order chi connectivity index (χ1) is 16.1. The number of benzene rings is 3. The van der Waals surface area contributed by atoms with E-state index in [-0.39, 0.29) is 12.0 Å². The van der Waals surface area contributed by atoms with Crippen LogP contribution in [0, 0.1) is 13.8 Å². The lowest BCUT2D eigenvalue weighted by Gasteiger charge is -2.23. The Bertz CT molecular complexity index is 1240. The molecule has 3 aromatic carbocycles. The van der Waals surface area contributed by atoms with E-state index in [1.165, 1.54) is 11.1 Å². The monoisotopic (exact) mass is 458 g/mol. The van der Waals surface area contributed by atoms with E-state index in [0.717, 1.165) is 35.4 Å². The minimum absolute atomic E-state index is 0.0215. The molecule has 1 aromatic heterocycles. The molecule has 5 rings (SSSR count). The molecule has 1 aliphatic heterocycles. The molecule has 4 aromatic rings. The van der Waals surface area contributed by atoms with Crippen molar-refractivity contribution in [2.24, 2.45) is 0 Å². The van der Waals surface area contributed by atoms with Crippen LogP contribution < -0.4 is 9.64 Å². The van der Waals surface area contributed by atoms with Crippen LogP contribution in [0.2, 0.25) is 0 Å². The number of aromatic nitrogens is 1. The second-order valence-corrected chi connectivity index (χ2v) is 9.40. The highest BCUT2D eigenvalue weighted by molar-refractivity contribution is 7.22. The average molecular weight is 459 g/mol. The van der Waals surface area contributed by atoms with Crippen molar-refractivity contribution < 1.29 is 14.3 Å². The van der Waals surface area contributed by atoms with Gasteiger partial charge < -0.3 is 9.47 Å². The SMILES string of the molecule is Cc1cc2nc(N(CC3CCCO3)C(=O)c3cccc(Oc4ccccc4)c3)sc2cc1C. The third kappa shape index (κ3) is 4.77. The Kier molecular flexibility index (Phi) is 6.11. The summed E-state index contributed by atoms with van der Waals surface area (Å²) in [7, 11) is 0. The molecule has 168 valence electrons. The van der Waals surface area contributed by atoms with Crippen molar-refractivity contribution in [3.63, 3.8) is 0 Å². The number of anilines is 1. The summed E-state index contributed by atoms with van der Waals surface area (Å²) in [4.78, 5) is 20.3. The van der Waals surface area contributed by atoms with Crippen LogP contribution in [0.3, 0.4) is 0 Å². The predicted octanol–water partition coefficient (Wildman–Crippen LogP) is 6.53. The maximum absolute atomic E-state index is 13.7.